The van der Waals surface area contributed by atoms with Gasteiger partial charge in [0, 0.05) is 11.0 Å². The van der Waals surface area contributed by atoms with Crippen LogP contribution >= 0.6 is 15.9 Å². The first-order valence-corrected chi connectivity index (χ1v) is 6.03. The summed E-state index contributed by atoms with van der Waals surface area (Å²) in [6.07, 6.45) is 0.935. The summed E-state index contributed by atoms with van der Waals surface area (Å²) < 4.78 is 13.3. The topological polar surface area (TPSA) is 29.1 Å². The molecule has 1 amide bonds. The molecule has 0 radical (unpaired) electrons. The molecule has 1 N–H and O–H groups in total. The standard InChI is InChI=1S/C12H15BrFNO/c1-8(2)5-6-15-12(16)10-4-3-9(14)7-11(10)13/h3-4,7-8H,5-6H2,1-2H3,(H,15,16). The summed E-state index contributed by atoms with van der Waals surface area (Å²) >= 11 is 3.17. The predicted octanol–water partition coefficient (Wildman–Crippen LogP) is 3.36. The molecular formula is C12H15BrFNO. The maximum atomic E-state index is 12.8. The maximum Gasteiger partial charge on any atom is 0.252 e. The Kier molecular flexibility index (Phi) is 4.93. The van der Waals surface area contributed by atoms with Crippen molar-refractivity contribution in [1.82, 2.24) is 5.32 Å². The highest BCUT2D eigenvalue weighted by Gasteiger charge is 2.10. The third-order valence-electron chi connectivity index (χ3n) is 2.18. The second-order valence-corrected chi connectivity index (χ2v) is 4.92. The van der Waals surface area contributed by atoms with Gasteiger partial charge in [0.2, 0.25) is 0 Å². The summed E-state index contributed by atoms with van der Waals surface area (Å²) in [5.74, 6) is 0.0232. The molecule has 0 aliphatic rings. The Balaban J connectivity index is 2.59. The lowest BCUT2D eigenvalue weighted by Gasteiger charge is -2.08. The van der Waals surface area contributed by atoms with Crippen LogP contribution in [0, 0.1) is 11.7 Å². The Bertz CT molecular complexity index is 379. The van der Waals surface area contributed by atoms with Crippen molar-refractivity contribution in [3.63, 3.8) is 0 Å². The highest BCUT2D eigenvalue weighted by atomic mass is 79.9. The Morgan fingerprint density at radius 2 is 2.19 bits per heavy atom. The van der Waals surface area contributed by atoms with Crippen molar-refractivity contribution < 1.29 is 9.18 Å². The SMILES string of the molecule is CC(C)CCNC(=O)c1ccc(F)cc1Br. The van der Waals surface area contributed by atoms with E-state index in [1.807, 2.05) is 0 Å². The lowest BCUT2D eigenvalue weighted by Crippen LogP contribution is -2.25. The van der Waals surface area contributed by atoms with Crippen LogP contribution in [0.2, 0.25) is 0 Å². The zero-order valence-corrected chi connectivity index (χ0v) is 11.0. The maximum absolute atomic E-state index is 12.8. The van der Waals surface area contributed by atoms with Crippen LogP contribution in [-0.4, -0.2) is 12.5 Å². The first-order valence-electron chi connectivity index (χ1n) is 5.24. The van der Waals surface area contributed by atoms with Gasteiger partial charge in [-0.1, -0.05) is 13.8 Å². The molecule has 0 saturated carbocycles. The highest BCUT2D eigenvalue weighted by molar-refractivity contribution is 9.10. The third kappa shape index (κ3) is 3.93. The number of nitrogens with one attached hydrogen (secondary N) is 1. The number of hydrogen-bond acceptors (Lipinski definition) is 1. The van der Waals surface area contributed by atoms with Gasteiger partial charge < -0.3 is 5.32 Å². The smallest absolute Gasteiger partial charge is 0.252 e. The van der Waals surface area contributed by atoms with Gasteiger partial charge in [-0.15, -0.1) is 0 Å². The molecule has 0 unspecified atom stereocenters. The Morgan fingerprint density at radius 3 is 2.75 bits per heavy atom. The van der Waals surface area contributed by atoms with Crippen molar-refractivity contribution in [1.29, 1.82) is 0 Å². The lowest BCUT2D eigenvalue weighted by atomic mass is 10.1. The van der Waals surface area contributed by atoms with Crippen LogP contribution in [0.4, 0.5) is 4.39 Å². The van der Waals surface area contributed by atoms with E-state index >= 15 is 0 Å². The molecule has 4 heteroatoms. The number of benzene rings is 1. The van der Waals surface area contributed by atoms with Crippen molar-refractivity contribution in [3.8, 4) is 0 Å². The molecule has 1 aromatic carbocycles. The predicted molar refractivity (Wildman–Crippen MR) is 65.9 cm³/mol. The molecule has 0 atom stereocenters. The van der Waals surface area contributed by atoms with Gasteiger partial charge in [-0.2, -0.15) is 0 Å². The molecule has 0 aliphatic carbocycles. The summed E-state index contributed by atoms with van der Waals surface area (Å²) in [7, 11) is 0. The van der Waals surface area contributed by atoms with Crippen LogP contribution in [-0.2, 0) is 0 Å². The summed E-state index contributed by atoms with van der Waals surface area (Å²) in [6.45, 7) is 4.83. The van der Waals surface area contributed by atoms with E-state index < -0.39 is 0 Å². The van der Waals surface area contributed by atoms with Crippen LogP contribution < -0.4 is 5.32 Å². The fraction of sp³-hybridized carbons (Fsp3) is 0.417. The van der Waals surface area contributed by atoms with Crippen LogP contribution in [0.15, 0.2) is 22.7 Å². The van der Waals surface area contributed by atoms with E-state index in [0.29, 0.717) is 22.5 Å². The first kappa shape index (κ1) is 13.2. The molecule has 0 spiro atoms. The largest absolute Gasteiger partial charge is 0.352 e. The Morgan fingerprint density at radius 1 is 1.50 bits per heavy atom. The molecule has 0 fully saturated rings. The second-order valence-electron chi connectivity index (χ2n) is 4.06. The lowest BCUT2D eigenvalue weighted by molar-refractivity contribution is 0.0951. The summed E-state index contributed by atoms with van der Waals surface area (Å²) in [5.41, 5.74) is 0.463. The van der Waals surface area contributed by atoms with Crippen molar-refractivity contribution in [2.75, 3.05) is 6.54 Å². The molecule has 0 aromatic heterocycles. The second kappa shape index (κ2) is 5.99. The van der Waals surface area contributed by atoms with E-state index in [1.165, 1.54) is 18.2 Å². The van der Waals surface area contributed by atoms with Gasteiger partial charge in [0.15, 0.2) is 0 Å². The highest BCUT2D eigenvalue weighted by Crippen LogP contribution is 2.17. The van der Waals surface area contributed by atoms with Crippen molar-refractivity contribution >= 4 is 21.8 Å². The van der Waals surface area contributed by atoms with Gasteiger partial charge >= 0.3 is 0 Å². The molecular weight excluding hydrogens is 273 g/mol. The molecule has 0 aliphatic heterocycles. The van der Waals surface area contributed by atoms with Crippen LogP contribution in [0.3, 0.4) is 0 Å². The zero-order valence-electron chi connectivity index (χ0n) is 9.39. The van der Waals surface area contributed by atoms with Crippen LogP contribution in [0.5, 0.6) is 0 Å². The minimum Gasteiger partial charge on any atom is -0.352 e. The zero-order chi connectivity index (χ0) is 12.1. The van der Waals surface area contributed by atoms with Gasteiger partial charge in [0.25, 0.3) is 5.91 Å². The normalized spacial score (nSPS) is 10.6. The number of carbonyl (C=O) groups excluding carboxylic acids is 1. The van der Waals surface area contributed by atoms with E-state index in [1.54, 1.807) is 0 Å². The van der Waals surface area contributed by atoms with Crippen molar-refractivity contribution in [2.24, 2.45) is 5.92 Å². The van der Waals surface area contributed by atoms with Crippen LogP contribution in [0.1, 0.15) is 30.6 Å². The Labute approximate surface area is 103 Å². The quantitative estimate of drug-likeness (QED) is 0.904. The van der Waals surface area contributed by atoms with E-state index in [4.69, 9.17) is 0 Å². The molecule has 2 nitrogen and oxygen atoms in total. The molecule has 16 heavy (non-hydrogen) atoms. The van der Waals surface area contributed by atoms with E-state index in [2.05, 4.69) is 35.1 Å². The minimum atomic E-state index is -0.356. The van der Waals surface area contributed by atoms with Crippen LogP contribution in [0.25, 0.3) is 0 Å². The number of rotatable bonds is 4. The summed E-state index contributed by atoms with van der Waals surface area (Å²) in [4.78, 5) is 11.7. The number of carbonyl (C=O) groups is 1. The molecule has 0 saturated heterocycles. The number of amides is 1. The van der Waals surface area contributed by atoms with Gasteiger partial charge in [0.05, 0.1) is 5.56 Å². The molecule has 1 rings (SSSR count). The van der Waals surface area contributed by atoms with Gasteiger partial charge in [-0.25, -0.2) is 4.39 Å². The molecule has 1 aromatic rings. The fourth-order valence-electron chi connectivity index (χ4n) is 1.24. The van der Waals surface area contributed by atoms with E-state index in [-0.39, 0.29) is 11.7 Å². The van der Waals surface area contributed by atoms with Gasteiger partial charge in [-0.05, 0) is 46.5 Å². The Hall–Kier alpha value is -0.900. The summed E-state index contributed by atoms with van der Waals surface area (Å²) in [6, 6.07) is 4.05. The number of halogens is 2. The first-order chi connectivity index (χ1) is 7.50. The minimum absolute atomic E-state index is 0.174. The van der Waals surface area contributed by atoms with Crippen molar-refractivity contribution in [3.05, 3.63) is 34.1 Å². The molecule has 0 heterocycles. The van der Waals surface area contributed by atoms with E-state index in [0.717, 1.165) is 6.42 Å². The molecule has 0 bridgehead atoms. The van der Waals surface area contributed by atoms with Gasteiger partial charge in [0.1, 0.15) is 5.82 Å². The average molecular weight is 288 g/mol. The summed E-state index contributed by atoms with van der Waals surface area (Å²) in [5, 5.41) is 2.80. The molecule has 88 valence electrons. The number of hydrogen-bond donors (Lipinski definition) is 1. The fourth-order valence-corrected chi connectivity index (χ4v) is 1.77. The monoisotopic (exact) mass is 287 g/mol. The van der Waals surface area contributed by atoms with Crippen molar-refractivity contribution in [2.45, 2.75) is 20.3 Å². The average Bonchev–Trinajstić information content (AvgIpc) is 2.16. The van der Waals surface area contributed by atoms with Gasteiger partial charge in [-0.3, -0.25) is 4.79 Å². The third-order valence-corrected chi connectivity index (χ3v) is 2.84. The van der Waals surface area contributed by atoms with E-state index in [9.17, 15) is 9.18 Å².